The molecule has 8 atom stereocenters. The number of hydrogen-bond acceptors (Lipinski definition) is 2. The molecule has 4 rings (SSSR count). The lowest BCUT2D eigenvalue weighted by atomic mass is 9.46. The second kappa shape index (κ2) is 8.30. The van der Waals surface area contributed by atoms with Crippen LogP contribution in [-0.4, -0.2) is 22.9 Å². The number of allylic oxidation sites excluding steroid dienone is 1. The molecule has 4 aliphatic rings. The summed E-state index contributed by atoms with van der Waals surface area (Å²) in [5.41, 5.74) is 1.90. The van der Waals surface area contributed by atoms with Crippen LogP contribution in [0.4, 0.5) is 0 Å². The molecule has 0 aromatic rings. The predicted octanol–water partition coefficient (Wildman–Crippen LogP) is 6.36. The molecule has 4 aliphatic carbocycles. The van der Waals surface area contributed by atoms with Gasteiger partial charge in [-0.25, -0.2) is 0 Å². The molecular formula is C27H46O2. The molecule has 0 unspecified atom stereocenters. The largest absolute Gasteiger partial charge is 0.395 e. The van der Waals surface area contributed by atoms with Gasteiger partial charge in [-0.15, -0.1) is 0 Å². The molecule has 2 N–H and O–H groups in total. The SMILES string of the molecule is CC(C)CCC[C@H](C)[C@@H]1CC[C@@H]2[C@H]3CC=C4C[C@H](O)CC[C@@]4(CO)[C@@H]3CC[C@]21C. The number of aliphatic hydroxyl groups is 2. The Morgan fingerprint density at radius 2 is 1.83 bits per heavy atom. The topological polar surface area (TPSA) is 40.5 Å². The molecule has 0 spiro atoms. The van der Waals surface area contributed by atoms with Gasteiger partial charge in [0.25, 0.3) is 0 Å². The van der Waals surface area contributed by atoms with Crippen molar-refractivity contribution in [2.45, 2.75) is 104 Å². The normalized spacial score (nSPS) is 45.3. The van der Waals surface area contributed by atoms with Crippen LogP contribution in [0.1, 0.15) is 98.3 Å². The number of aliphatic hydroxyl groups excluding tert-OH is 2. The summed E-state index contributed by atoms with van der Waals surface area (Å²) < 4.78 is 0. The minimum absolute atomic E-state index is 0.00948. The highest BCUT2D eigenvalue weighted by atomic mass is 16.3. The van der Waals surface area contributed by atoms with E-state index in [0.717, 1.165) is 48.9 Å². The monoisotopic (exact) mass is 402 g/mol. The van der Waals surface area contributed by atoms with Crippen molar-refractivity contribution in [3.63, 3.8) is 0 Å². The molecule has 0 bridgehead atoms. The molecule has 0 saturated heterocycles. The van der Waals surface area contributed by atoms with Gasteiger partial charge in [0.2, 0.25) is 0 Å². The van der Waals surface area contributed by atoms with E-state index in [1.165, 1.54) is 56.9 Å². The standard InChI is InChI=1S/C27H46O2/c1-18(2)6-5-7-19(3)23-10-11-24-22-9-8-20-16-21(29)12-15-27(20,17-28)25(22)13-14-26(23,24)4/h8,18-19,21-25,28-29H,5-7,9-17H2,1-4H3/t19-,21+,22+,23-,24+,25+,26-,27-/m0/s1. The maximum atomic E-state index is 10.6. The van der Waals surface area contributed by atoms with Gasteiger partial charge in [-0.05, 0) is 92.3 Å². The minimum Gasteiger partial charge on any atom is -0.395 e. The number of hydrogen-bond donors (Lipinski definition) is 2. The lowest BCUT2D eigenvalue weighted by Crippen LogP contribution is -2.53. The van der Waals surface area contributed by atoms with Crippen LogP contribution in [0, 0.1) is 46.3 Å². The first-order valence-electron chi connectivity index (χ1n) is 12.8. The third-order valence-electron chi connectivity index (χ3n) is 10.3. The highest BCUT2D eigenvalue weighted by molar-refractivity contribution is 5.26. The zero-order valence-corrected chi connectivity index (χ0v) is 19.5. The first kappa shape index (κ1) is 21.9. The molecule has 0 radical (unpaired) electrons. The Morgan fingerprint density at radius 3 is 2.55 bits per heavy atom. The van der Waals surface area contributed by atoms with Gasteiger partial charge in [-0.1, -0.05) is 58.6 Å². The molecule has 2 heteroatoms. The summed E-state index contributed by atoms with van der Waals surface area (Å²) in [4.78, 5) is 0. The van der Waals surface area contributed by atoms with Crippen LogP contribution in [-0.2, 0) is 0 Å². The summed E-state index contributed by atoms with van der Waals surface area (Å²) in [6, 6.07) is 0. The smallest absolute Gasteiger partial charge is 0.0577 e. The fourth-order valence-corrected chi connectivity index (χ4v) is 8.76. The Labute approximate surface area is 179 Å². The molecule has 2 nitrogen and oxygen atoms in total. The molecule has 3 fully saturated rings. The van der Waals surface area contributed by atoms with E-state index >= 15 is 0 Å². The zero-order chi connectivity index (χ0) is 20.8. The van der Waals surface area contributed by atoms with Gasteiger partial charge in [-0.3, -0.25) is 0 Å². The van der Waals surface area contributed by atoms with Crippen molar-refractivity contribution in [2.24, 2.45) is 46.3 Å². The van der Waals surface area contributed by atoms with Gasteiger partial charge < -0.3 is 10.2 Å². The predicted molar refractivity (Wildman–Crippen MR) is 120 cm³/mol. The highest BCUT2D eigenvalue weighted by Gasteiger charge is 2.60. The van der Waals surface area contributed by atoms with Crippen molar-refractivity contribution in [2.75, 3.05) is 6.61 Å². The Morgan fingerprint density at radius 1 is 1.03 bits per heavy atom. The van der Waals surface area contributed by atoms with Crippen LogP contribution in [0.15, 0.2) is 11.6 Å². The van der Waals surface area contributed by atoms with Gasteiger partial charge in [-0.2, -0.15) is 0 Å². The molecule has 0 aromatic heterocycles. The summed E-state index contributed by atoms with van der Waals surface area (Å²) in [5, 5.41) is 20.8. The molecule has 0 amide bonds. The fraction of sp³-hybridized carbons (Fsp3) is 0.926. The van der Waals surface area contributed by atoms with E-state index in [1.807, 2.05) is 0 Å². The summed E-state index contributed by atoms with van der Waals surface area (Å²) in [5.74, 6) is 4.82. The Hall–Kier alpha value is -0.340. The Balaban J connectivity index is 1.51. The van der Waals surface area contributed by atoms with Crippen LogP contribution in [0.2, 0.25) is 0 Å². The lowest BCUT2D eigenvalue weighted by molar-refractivity contribution is -0.0795. The molecule has 0 heterocycles. The maximum absolute atomic E-state index is 10.6. The van der Waals surface area contributed by atoms with Gasteiger partial charge in [0.1, 0.15) is 0 Å². The van der Waals surface area contributed by atoms with Crippen LogP contribution in [0.5, 0.6) is 0 Å². The van der Waals surface area contributed by atoms with E-state index in [1.54, 1.807) is 0 Å². The van der Waals surface area contributed by atoms with Gasteiger partial charge in [0, 0.05) is 5.41 Å². The molecule has 3 saturated carbocycles. The number of fused-ring (bicyclic) bond motifs is 5. The van der Waals surface area contributed by atoms with Crippen LogP contribution in [0.25, 0.3) is 0 Å². The maximum Gasteiger partial charge on any atom is 0.0577 e. The van der Waals surface area contributed by atoms with E-state index < -0.39 is 0 Å². The van der Waals surface area contributed by atoms with Crippen molar-refractivity contribution in [3.8, 4) is 0 Å². The van der Waals surface area contributed by atoms with Crippen LogP contribution < -0.4 is 0 Å². The van der Waals surface area contributed by atoms with Crippen LogP contribution >= 0.6 is 0 Å². The van der Waals surface area contributed by atoms with Crippen molar-refractivity contribution in [1.29, 1.82) is 0 Å². The summed E-state index contributed by atoms with van der Waals surface area (Å²) in [6.07, 6.45) is 15.8. The first-order chi connectivity index (χ1) is 13.8. The molecule has 0 aromatic carbocycles. The summed E-state index contributed by atoms with van der Waals surface area (Å²) >= 11 is 0. The van der Waals surface area contributed by atoms with E-state index in [-0.39, 0.29) is 11.5 Å². The zero-order valence-electron chi connectivity index (χ0n) is 19.5. The fourth-order valence-electron chi connectivity index (χ4n) is 8.76. The van der Waals surface area contributed by atoms with E-state index in [4.69, 9.17) is 0 Å². The van der Waals surface area contributed by atoms with Crippen LogP contribution in [0.3, 0.4) is 0 Å². The van der Waals surface area contributed by atoms with E-state index in [2.05, 4.69) is 33.8 Å². The third-order valence-corrected chi connectivity index (χ3v) is 10.3. The van der Waals surface area contributed by atoms with Crippen molar-refractivity contribution in [1.82, 2.24) is 0 Å². The average Bonchev–Trinajstić information content (AvgIpc) is 3.04. The molecular weight excluding hydrogens is 356 g/mol. The van der Waals surface area contributed by atoms with Gasteiger partial charge in [0.05, 0.1) is 12.7 Å². The minimum atomic E-state index is -0.186. The highest BCUT2D eigenvalue weighted by Crippen LogP contribution is 2.67. The molecule has 166 valence electrons. The molecule has 0 aliphatic heterocycles. The summed E-state index contributed by atoms with van der Waals surface area (Å²) in [6.45, 7) is 10.2. The van der Waals surface area contributed by atoms with Crippen molar-refractivity contribution in [3.05, 3.63) is 11.6 Å². The second-order valence-corrected chi connectivity index (χ2v) is 12.1. The van der Waals surface area contributed by atoms with Crippen molar-refractivity contribution >= 4 is 0 Å². The Bertz CT molecular complexity index is 610. The third kappa shape index (κ3) is 3.65. The van der Waals surface area contributed by atoms with Gasteiger partial charge in [0.15, 0.2) is 0 Å². The Kier molecular flexibility index (Phi) is 6.26. The van der Waals surface area contributed by atoms with Gasteiger partial charge >= 0.3 is 0 Å². The quantitative estimate of drug-likeness (QED) is 0.507. The summed E-state index contributed by atoms with van der Waals surface area (Å²) in [7, 11) is 0. The van der Waals surface area contributed by atoms with E-state index in [0.29, 0.717) is 17.9 Å². The first-order valence-corrected chi connectivity index (χ1v) is 12.8. The second-order valence-electron chi connectivity index (χ2n) is 12.1. The average molecular weight is 403 g/mol. The lowest BCUT2D eigenvalue weighted by Gasteiger charge is -2.59. The molecule has 29 heavy (non-hydrogen) atoms. The van der Waals surface area contributed by atoms with Crippen molar-refractivity contribution < 1.29 is 10.2 Å². The number of rotatable bonds is 6. The van der Waals surface area contributed by atoms with E-state index in [9.17, 15) is 10.2 Å².